The Morgan fingerprint density at radius 3 is 2.62 bits per heavy atom. The maximum atomic E-state index is 12.3. The van der Waals surface area contributed by atoms with Gasteiger partial charge in [-0.1, -0.05) is 36.4 Å². The molecule has 0 saturated carbocycles. The van der Waals surface area contributed by atoms with E-state index in [1.807, 2.05) is 42.6 Å². The van der Waals surface area contributed by atoms with Crippen molar-refractivity contribution in [3.05, 3.63) is 71.5 Å². The first-order chi connectivity index (χ1) is 12.8. The predicted octanol–water partition coefficient (Wildman–Crippen LogP) is 3.58. The van der Waals surface area contributed by atoms with Gasteiger partial charge in [0, 0.05) is 40.0 Å². The van der Waals surface area contributed by atoms with Crippen molar-refractivity contribution in [1.29, 1.82) is 0 Å². The Labute approximate surface area is 149 Å². The van der Waals surface area contributed by atoms with Gasteiger partial charge >= 0.3 is 5.97 Å². The molecule has 1 atom stereocenters. The number of carbonyl (C=O) groups excluding carboxylic acids is 1. The normalized spacial score (nSPS) is 16.5. The molecule has 1 aliphatic rings. The molecule has 0 spiro atoms. The van der Waals surface area contributed by atoms with Crippen molar-refractivity contribution in [1.82, 2.24) is 9.97 Å². The van der Waals surface area contributed by atoms with Crippen LogP contribution in [0.15, 0.2) is 59.7 Å². The van der Waals surface area contributed by atoms with Crippen LogP contribution in [0.1, 0.15) is 16.8 Å². The standard InChI is InChI=1S/C21H17N3O2/c1-26-21(25)18-10-14-12-6-3-5-9-17(12)23-19(14)20(24-18)15-11-22-16-8-4-2-7-13(15)16/h2-9,11,18,22-23H,10H2,1H3. The molecule has 0 bridgehead atoms. The van der Waals surface area contributed by atoms with Gasteiger partial charge in [0.2, 0.25) is 0 Å². The van der Waals surface area contributed by atoms with E-state index in [2.05, 4.69) is 22.1 Å². The van der Waals surface area contributed by atoms with Gasteiger partial charge in [-0.3, -0.25) is 4.99 Å². The van der Waals surface area contributed by atoms with Crippen molar-refractivity contribution < 1.29 is 9.53 Å². The van der Waals surface area contributed by atoms with E-state index in [9.17, 15) is 4.79 Å². The number of hydrogen-bond acceptors (Lipinski definition) is 3. The zero-order valence-corrected chi connectivity index (χ0v) is 14.2. The number of ether oxygens (including phenoxy) is 1. The summed E-state index contributed by atoms with van der Waals surface area (Å²) in [6, 6.07) is 15.7. The number of aromatic nitrogens is 2. The summed E-state index contributed by atoms with van der Waals surface area (Å²) < 4.78 is 4.98. The van der Waals surface area contributed by atoms with Crippen molar-refractivity contribution in [3.63, 3.8) is 0 Å². The fraction of sp³-hybridized carbons (Fsp3) is 0.143. The number of hydrogen-bond donors (Lipinski definition) is 2. The number of benzene rings is 2. The van der Waals surface area contributed by atoms with E-state index in [1.54, 1.807) is 0 Å². The van der Waals surface area contributed by atoms with Crippen LogP contribution in [0.4, 0.5) is 0 Å². The van der Waals surface area contributed by atoms with Gasteiger partial charge in [0.05, 0.1) is 18.5 Å². The molecule has 0 saturated heterocycles. The summed E-state index contributed by atoms with van der Waals surface area (Å²) in [4.78, 5) is 23.8. The van der Waals surface area contributed by atoms with Crippen molar-refractivity contribution in [2.24, 2.45) is 4.99 Å². The molecule has 0 radical (unpaired) electrons. The number of rotatable bonds is 2. The van der Waals surface area contributed by atoms with Crippen molar-refractivity contribution in [3.8, 4) is 0 Å². The van der Waals surface area contributed by atoms with Crippen LogP contribution in [-0.2, 0) is 16.0 Å². The molecule has 5 heteroatoms. The second-order valence-corrected chi connectivity index (χ2v) is 6.49. The largest absolute Gasteiger partial charge is 0.467 e. The highest BCUT2D eigenvalue weighted by molar-refractivity contribution is 6.21. The van der Waals surface area contributed by atoms with E-state index in [1.165, 1.54) is 7.11 Å². The first-order valence-electron chi connectivity index (χ1n) is 8.58. The Hall–Kier alpha value is -3.34. The van der Waals surface area contributed by atoms with Gasteiger partial charge in [-0.15, -0.1) is 0 Å². The topological polar surface area (TPSA) is 70.2 Å². The molecular weight excluding hydrogens is 326 g/mol. The number of carbonyl (C=O) groups is 1. The van der Waals surface area contributed by atoms with Gasteiger partial charge in [0.25, 0.3) is 0 Å². The van der Waals surface area contributed by atoms with Crippen LogP contribution in [0.25, 0.3) is 21.8 Å². The first-order valence-corrected chi connectivity index (χ1v) is 8.58. The fourth-order valence-corrected chi connectivity index (χ4v) is 3.82. The summed E-state index contributed by atoms with van der Waals surface area (Å²) in [6.45, 7) is 0. The Balaban J connectivity index is 1.78. The Bertz CT molecular complexity index is 1180. The molecule has 1 aliphatic heterocycles. The first kappa shape index (κ1) is 15.0. The minimum atomic E-state index is -0.532. The van der Waals surface area contributed by atoms with Crippen LogP contribution in [0.5, 0.6) is 0 Å². The second-order valence-electron chi connectivity index (χ2n) is 6.49. The molecule has 0 amide bonds. The second kappa shape index (κ2) is 5.59. The number of para-hydroxylation sites is 2. The third-order valence-electron chi connectivity index (χ3n) is 5.05. The zero-order valence-electron chi connectivity index (χ0n) is 14.2. The molecule has 2 aromatic heterocycles. The highest BCUT2D eigenvalue weighted by Crippen LogP contribution is 2.32. The summed E-state index contributed by atoms with van der Waals surface area (Å²) in [6.07, 6.45) is 2.50. The lowest BCUT2D eigenvalue weighted by molar-refractivity contribution is -0.142. The summed E-state index contributed by atoms with van der Waals surface area (Å²) in [5.41, 5.74) is 5.98. The number of methoxy groups -OCH3 is 1. The van der Waals surface area contributed by atoms with Gasteiger partial charge < -0.3 is 14.7 Å². The van der Waals surface area contributed by atoms with Crippen molar-refractivity contribution >= 4 is 33.5 Å². The van der Waals surface area contributed by atoms with E-state index >= 15 is 0 Å². The van der Waals surface area contributed by atoms with Crippen LogP contribution < -0.4 is 0 Å². The molecule has 0 fully saturated rings. The van der Waals surface area contributed by atoms with E-state index in [0.717, 1.165) is 44.3 Å². The number of esters is 1. The van der Waals surface area contributed by atoms with Crippen LogP contribution in [0.3, 0.4) is 0 Å². The SMILES string of the molecule is COC(=O)C1Cc2c([nH]c3ccccc23)C(c2c[nH]c3ccccc23)=N1. The van der Waals surface area contributed by atoms with Crippen molar-refractivity contribution in [2.45, 2.75) is 12.5 Å². The average Bonchev–Trinajstić information content (AvgIpc) is 3.28. The fourth-order valence-electron chi connectivity index (χ4n) is 3.82. The number of aromatic amines is 2. The smallest absolute Gasteiger partial charge is 0.330 e. The molecule has 26 heavy (non-hydrogen) atoms. The number of nitrogens with one attached hydrogen (secondary N) is 2. The molecule has 0 aliphatic carbocycles. The van der Waals surface area contributed by atoms with E-state index in [4.69, 9.17) is 9.73 Å². The Morgan fingerprint density at radius 1 is 1.08 bits per heavy atom. The predicted molar refractivity (Wildman–Crippen MR) is 102 cm³/mol. The van der Waals surface area contributed by atoms with E-state index in [-0.39, 0.29) is 5.97 Å². The average molecular weight is 343 g/mol. The van der Waals surface area contributed by atoms with Crippen LogP contribution >= 0.6 is 0 Å². The monoisotopic (exact) mass is 343 g/mol. The van der Waals surface area contributed by atoms with Gasteiger partial charge in [-0.2, -0.15) is 0 Å². The number of aliphatic imine (C=N–C) groups is 1. The Kier molecular flexibility index (Phi) is 3.22. The number of nitrogens with zero attached hydrogens (tertiary/aromatic N) is 1. The van der Waals surface area contributed by atoms with Gasteiger partial charge in [-0.05, 0) is 17.7 Å². The van der Waals surface area contributed by atoms with Crippen LogP contribution in [0.2, 0.25) is 0 Å². The number of H-pyrrole nitrogens is 2. The summed E-state index contributed by atoms with van der Waals surface area (Å²) in [7, 11) is 1.41. The summed E-state index contributed by atoms with van der Waals surface area (Å²) >= 11 is 0. The van der Waals surface area contributed by atoms with Gasteiger partial charge in [-0.25, -0.2) is 4.79 Å². The minimum absolute atomic E-state index is 0.307. The van der Waals surface area contributed by atoms with Crippen LogP contribution in [-0.4, -0.2) is 34.8 Å². The Morgan fingerprint density at radius 2 is 1.81 bits per heavy atom. The molecule has 128 valence electrons. The minimum Gasteiger partial charge on any atom is -0.467 e. The lowest BCUT2D eigenvalue weighted by atomic mass is 9.94. The van der Waals surface area contributed by atoms with E-state index < -0.39 is 6.04 Å². The summed E-state index contributed by atoms with van der Waals surface area (Å²) in [5.74, 6) is -0.307. The lowest BCUT2D eigenvalue weighted by Gasteiger charge is -2.19. The van der Waals surface area contributed by atoms with E-state index in [0.29, 0.717) is 6.42 Å². The van der Waals surface area contributed by atoms with Crippen molar-refractivity contribution in [2.75, 3.05) is 7.11 Å². The third-order valence-corrected chi connectivity index (χ3v) is 5.05. The molecule has 3 heterocycles. The maximum absolute atomic E-state index is 12.3. The zero-order chi connectivity index (χ0) is 17.7. The molecular formula is C21H17N3O2. The van der Waals surface area contributed by atoms with Crippen LogP contribution in [0, 0.1) is 0 Å². The quantitative estimate of drug-likeness (QED) is 0.546. The highest BCUT2D eigenvalue weighted by atomic mass is 16.5. The molecule has 5 rings (SSSR count). The summed E-state index contributed by atoms with van der Waals surface area (Å²) in [5, 5.41) is 2.21. The molecule has 1 unspecified atom stereocenters. The lowest BCUT2D eigenvalue weighted by Crippen LogP contribution is -2.29. The highest BCUT2D eigenvalue weighted by Gasteiger charge is 2.31. The molecule has 2 N–H and O–H groups in total. The third kappa shape index (κ3) is 2.10. The van der Waals surface area contributed by atoms with Gasteiger partial charge in [0.1, 0.15) is 0 Å². The molecule has 5 nitrogen and oxygen atoms in total. The molecule has 4 aromatic rings. The number of fused-ring (bicyclic) bond motifs is 4. The molecule has 2 aromatic carbocycles. The maximum Gasteiger partial charge on any atom is 0.330 e. The van der Waals surface area contributed by atoms with Gasteiger partial charge in [0.15, 0.2) is 6.04 Å².